The molecule has 0 amide bonds. The van der Waals surface area contributed by atoms with Crippen LogP contribution < -0.4 is 10.2 Å². The summed E-state index contributed by atoms with van der Waals surface area (Å²) in [5.41, 5.74) is 2.46. The van der Waals surface area contributed by atoms with Crippen molar-refractivity contribution in [3.8, 4) is 0 Å². The molecular formula is C14H23BrN2O. The molecule has 3 nitrogen and oxygen atoms in total. The Balaban J connectivity index is 3.10. The Morgan fingerprint density at radius 1 is 1.39 bits per heavy atom. The number of aliphatic hydroxyl groups is 1. The van der Waals surface area contributed by atoms with Crippen LogP contribution in [0.15, 0.2) is 22.7 Å². The lowest BCUT2D eigenvalue weighted by Crippen LogP contribution is -2.29. The minimum absolute atomic E-state index is 0.184. The van der Waals surface area contributed by atoms with Gasteiger partial charge in [0.05, 0.1) is 6.61 Å². The second-order valence-corrected chi connectivity index (χ2v) is 5.34. The molecule has 1 aromatic rings. The van der Waals surface area contributed by atoms with E-state index in [0.717, 1.165) is 17.4 Å². The highest BCUT2D eigenvalue weighted by molar-refractivity contribution is 9.10. The molecule has 2 N–H and O–H groups in total. The van der Waals surface area contributed by atoms with Gasteiger partial charge in [-0.2, -0.15) is 0 Å². The van der Waals surface area contributed by atoms with Gasteiger partial charge >= 0.3 is 0 Å². The van der Waals surface area contributed by atoms with Crippen molar-refractivity contribution in [2.24, 2.45) is 0 Å². The molecule has 0 aliphatic carbocycles. The van der Waals surface area contributed by atoms with Crippen LogP contribution in [0, 0.1) is 0 Å². The summed E-state index contributed by atoms with van der Waals surface area (Å²) < 4.78 is 1.09. The predicted molar refractivity (Wildman–Crippen MR) is 81.2 cm³/mol. The first-order valence-electron chi connectivity index (χ1n) is 6.46. The van der Waals surface area contributed by atoms with Crippen LogP contribution in [-0.4, -0.2) is 31.9 Å². The van der Waals surface area contributed by atoms with E-state index in [1.54, 1.807) is 0 Å². The minimum atomic E-state index is 0.184. The zero-order chi connectivity index (χ0) is 13.5. The van der Waals surface area contributed by atoms with Gasteiger partial charge in [0.2, 0.25) is 0 Å². The second kappa shape index (κ2) is 7.77. The number of nitrogens with one attached hydrogen (secondary N) is 1. The number of hydrogen-bond acceptors (Lipinski definition) is 3. The SMILES string of the molecule is CCCN(CCO)c1ccc(Br)cc1C(C)NC. The van der Waals surface area contributed by atoms with Gasteiger partial charge in [-0.1, -0.05) is 22.9 Å². The Bertz CT molecular complexity index is 365. The second-order valence-electron chi connectivity index (χ2n) is 4.42. The first-order chi connectivity index (χ1) is 8.63. The Hall–Kier alpha value is -0.580. The third-order valence-corrected chi connectivity index (χ3v) is 3.59. The number of benzene rings is 1. The van der Waals surface area contributed by atoms with Gasteiger partial charge in [-0.05, 0) is 44.2 Å². The number of hydrogen-bond donors (Lipinski definition) is 2. The van der Waals surface area contributed by atoms with Crippen molar-refractivity contribution in [1.82, 2.24) is 5.32 Å². The van der Waals surface area contributed by atoms with Crippen molar-refractivity contribution in [3.63, 3.8) is 0 Å². The fraction of sp³-hybridized carbons (Fsp3) is 0.571. The van der Waals surface area contributed by atoms with Gasteiger partial charge < -0.3 is 15.3 Å². The van der Waals surface area contributed by atoms with Crippen molar-refractivity contribution < 1.29 is 5.11 Å². The van der Waals surface area contributed by atoms with Crippen molar-refractivity contribution in [2.45, 2.75) is 26.3 Å². The minimum Gasteiger partial charge on any atom is -0.395 e. The lowest BCUT2D eigenvalue weighted by atomic mass is 10.0. The van der Waals surface area contributed by atoms with Gasteiger partial charge in [-0.15, -0.1) is 0 Å². The molecule has 0 saturated carbocycles. The maximum absolute atomic E-state index is 9.20. The van der Waals surface area contributed by atoms with Gasteiger partial charge in [0.1, 0.15) is 0 Å². The van der Waals surface area contributed by atoms with E-state index < -0.39 is 0 Å². The predicted octanol–water partition coefficient (Wildman–Crippen LogP) is 2.94. The summed E-state index contributed by atoms with van der Waals surface area (Å²) >= 11 is 3.53. The molecule has 0 aromatic heterocycles. The third kappa shape index (κ3) is 3.97. The van der Waals surface area contributed by atoms with Crippen LogP contribution in [0.3, 0.4) is 0 Å². The molecule has 18 heavy (non-hydrogen) atoms. The monoisotopic (exact) mass is 314 g/mol. The molecule has 102 valence electrons. The van der Waals surface area contributed by atoms with E-state index in [0.29, 0.717) is 6.54 Å². The molecule has 0 saturated heterocycles. The fourth-order valence-electron chi connectivity index (χ4n) is 2.06. The van der Waals surface area contributed by atoms with Gasteiger partial charge in [0.15, 0.2) is 0 Å². The Kier molecular flexibility index (Phi) is 6.68. The average Bonchev–Trinajstić information content (AvgIpc) is 2.37. The van der Waals surface area contributed by atoms with Crippen LogP contribution in [0.25, 0.3) is 0 Å². The number of rotatable bonds is 7. The molecular weight excluding hydrogens is 292 g/mol. The Morgan fingerprint density at radius 3 is 2.67 bits per heavy atom. The molecule has 1 atom stereocenters. The van der Waals surface area contributed by atoms with Crippen LogP contribution in [-0.2, 0) is 0 Å². The number of anilines is 1. The highest BCUT2D eigenvalue weighted by Crippen LogP contribution is 2.29. The van der Waals surface area contributed by atoms with Crippen molar-refractivity contribution in [2.75, 3.05) is 31.6 Å². The highest BCUT2D eigenvalue weighted by atomic mass is 79.9. The molecule has 0 spiro atoms. The molecule has 1 rings (SSSR count). The smallest absolute Gasteiger partial charge is 0.0606 e. The summed E-state index contributed by atoms with van der Waals surface area (Å²) in [5, 5.41) is 12.5. The maximum atomic E-state index is 9.20. The standard InChI is InChI=1S/C14H23BrN2O/c1-4-7-17(8-9-18)14-6-5-12(15)10-13(14)11(2)16-3/h5-6,10-11,16,18H,4,7-9H2,1-3H3. The molecule has 4 heteroatoms. The quantitative estimate of drug-likeness (QED) is 0.812. The molecule has 0 radical (unpaired) electrons. The third-order valence-electron chi connectivity index (χ3n) is 3.09. The van der Waals surface area contributed by atoms with Crippen LogP contribution in [0.5, 0.6) is 0 Å². The topological polar surface area (TPSA) is 35.5 Å². The normalized spacial score (nSPS) is 12.5. The molecule has 0 aliphatic rings. The van der Waals surface area contributed by atoms with Gasteiger partial charge in [-0.25, -0.2) is 0 Å². The zero-order valence-corrected chi connectivity index (χ0v) is 13.0. The van der Waals surface area contributed by atoms with Gasteiger partial charge in [0, 0.05) is 29.3 Å². The van der Waals surface area contributed by atoms with E-state index in [9.17, 15) is 5.11 Å². The summed E-state index contributed by atoms with van der Waals surface area (Å²) in [6.45, 7) is 6.13. The summed E-state index contributed by atoms with van der Waals surface area (Å²) in [6.07, 6.45) is 1.07. The number of halogens is 1. The van der Waals surface area contributed by atoms with Gasteiger partial charge in [-0.3, -0.25) is 0 Å². The largest absolute Gasteiger partial charge is 0.395 e. The summed E-state index contributed by atoms with van der Waals surface area (Å²) in [4.78, 5) is 2.25. The lowest BCUT2D eigenvalue weighted by molar-refractivity contribution is 0.301. The van der Waals surface area contributed by atoms with E-state index in [2.05, 4.69) is 58.2 Å². The number of nitrogens with zero attached hydrogens (tertiary/aromatic N) is 1. The average molecular weight is 315 g/mol. The van der Waals surface area contributed by atoms with Crippen LogP contribution >= 0.6 is 15.9 Å². The van der Waals surface area contributed by atoms with E-state index in [1.165, 1.54) is 11.3 Å². The highest BCUT2D eigenvalue weighted by Gasteiger charge is 2.14. The van der Waals surface area contributed by atoms with Crippen molar-refractivity contribution in [3.05, 3.63) is 28.2 Å². The van der Waals surface area contributed by atoms with Crippen LogP contribution in [0.2, 0.25) is 0 Å². The van der Waals surface area contributed by atoms with Gasteiger partial charge in [0.25, 0.3) is 0 Å². The van der Waals surface area contributed by atoms with Crippen LogP contribution in [0.4, 0.5) is 5.69 Å². The summed E-state index contributed by atoms with van der Waals surface area (Å²) in [7, 11) is 1.96. The Morgan fingerprint density at radius 2 is 2.11 bits per heavy atom. The van der Waals surface area contributed by atoms with Crippen LogP contribution in [0.1, 0.15) is 31.9 Å². The zero-order valence-electron chi connectivity index (χ0n) is 11.4. The maximum Gasteiger partial charge on any atom is 0.0606 e. The molecule has 1 unspecified atom stereocenters. The first-order valence-corrected chi connectivity index (χ1v) is 7.25. The van der Waals surface area contributed by atoms with Crippen molar-refractivity contribution in [1.29, 1.82) is 0 Å². The molecule has 0 aliphatic heterocycles. The summed E-state index contributed by atoms with van der Waals surface area (Å²) in [5.74, 6) is 0. The van der Waals surface area contributed by atoms with E-state index in [1.807, 2.05) is 7.05 Å². The number of aliphatic hydroxyl groups excluding tert-OH is 1. The molecule has 0 fully saturated rings. The Labute approximate surface area is 118 Å². The lowest BCUT2D eigenvalue weighted by Gasteiger charge is -2.28. The molecule has 0 bridgehead atoms. The fourth-order valence-corrected chi connectivity index (χ4v) is 2.44. The molecule has 0 heterocycles. The van der Waals surface area contributed by atoms with Crippen molar-refractivity contribution >= 4 is 21.6 Å². The van der Waals surface area contributed by atoms with E-state index >= 15 is 0 Å². The first kappa shape index (κ1) is 15.5. The van der Waals surface area contributed by atoms with E-state index in [-0.39, 0.29) is 12.6 Å². The summed E-state index contributed by atoms with van der Waals surface area (Å²) in [6, 6.07) is 6.62. The van der Waals surface area contributed by atoms with E-state index in [4.69, 9.17) is 0 Å². The molecule has 1 aromatic carbocycles.